The van der Waals surface area contributed by atoms with Crippen LogP contribution in [-0.4, -0.2) is 68.5 Å². The molecule has 1 atom stereocenters. The van der Waals surface area contributed by atoms with Gasteiger partial charge >= 0.3 is 29.8 Å². The molecule has 2 saturated carbocycles. The van der Waals surface area contributed by atoms with Crippen LogP contribution in [0.4, 0.5) is 0 Å². The molecule has 0 spiro atoms. The van der Waals surface area contributed by atoms with E-state index < -0.39 is 29.8 Å². The molecule has 64 heavy (non-hydrogen) atoms. The topological polar surface area (TPSA) is 150 Å². The lowest BCUT2D eigenvalue weighted by Crippen LogP contribution is -2.22. The van der Waals surface area contributed by atoms with Crippen LogP contribution in [0.5, 0.6) is 17.2 Å². The van der Waals surface area contributed by atoms with Crippen LogP contribution in [0.1, 0.15) is 143 Å². The molecule has 1 unspecified atom stereocenters. The van der Waals surface area contributed by atoms with Crippen molar-refractivity contribution in [1.82, 2.24) is 0 Å². The molecule has 6 rings (SSSR count). The summed E-state index contributed by atoms with van der Waals surface area (Å²) in [6.45, 7) is 10.7. The zero-order chi connectivity index (χ0) is 45.3. The summed E-state index contributed by atoms with van der Waals surface area (Å²) in [5, 5.41) is 0. The molecule has 0 amide bonds. The first-order valence-electron chi connectivity index (χ1n) is 23.0. The van der Waals surface area contributed by atoms with Crippen LogP contribution in [-0.2, 0) is 38.1 Å². The van der Waals surface area contributed by atoms with Crippen LogP contribution in [0, 0.1) is 0 Å². The SMILES string of the molecule is C=C(CC(=O)OC1CCCCC1)C(=O)OCCCCCCOc1ccc(OC(=O)c2ccc3c(c2)C(C)c2cc(OCCCOC(=O)C(=C)CC(=O)OC4CCCCC4)ccc2-3)cc1. The summed E-state index contributed by atoms with van der Waals surface area (Å²) in [6, 6.07) is 18.5. The number of carbonyl (C=O) groups excluding carboxylic acids is 5. The van der Waals surface area contributed by atoms with Gasteiger partial charge in [-0.25, -0.2) is 14.4 Å². The van der Waals surface area contributed by atoms with Gasteiger partial charge in [-0.2, -0.15) is 0 Å². The minimum Gasteiger partial charge on any atom is -0.494 e. The van der Waals surface area contributed by atoms with Crippen molar-refractivity contribution in [3.8, 4) is 28.4 Å². The highest BCUT2D eigenvalue weighted by molar-refractivity contribution is 5.94. The van der Waals surface area contributed by atoms with Gasteiger partial charge in [0.15, 0.2) is 0 Å². The Morgan fingerprint density at radius 2 is 1.00 bits per heavy atom. The number of rotatable bonds is 23. The van der Waals surface area contributed by atoms with Gasteiger partial charge in [0.05, 0.1) is 44.8 Å². The second kappa shape index (κ2) is 24.2. The third-order valence-electron chi connectivity index (χ3n) is 11.9. The smallest absolute Gasteiger partial charge is 0.343 e. The lowest BCUT2D eigenvalue weighted by atomic mass is 9.98. The van der Waals surface area contributed by atoms with E-state index in [2.05, 4.69) is 20.1 Å². The van der Waals surface area contributed by atoms with Gasteiger partial charge in [0.2, 0.25) is 0 Å². The average Bonchev–Trinajstić information content (AvgIpc) is 3.57. The van der Waals surface area contributed by atoms with Crippen LogP contribution in [0.2, 0.25) is 0 Å². The van der Waals surface area contributed by atoms with Crippen LogP contribution in [0.15, 0.2) is 85.0 Å². The Balaban J connectivity index is 0.837. The first kappa shape index (κ1) is 47.6. The van der Waals surface area contributed by atoms with E-state index in [-0.39, 0.29) is 55.3 Å². The fourth-order valence-corrected chi connectivity index (χ4v) is 8.31. The molecule has 0 aliphatic heterocycles. The van der Waals surface area contributed by atoms with E-state index in [1.54, 1.807) is 30.3 Å². The first-order chi connectivity index (χ1) is 31.0. The largest absolute Gasteiger partial charge is 0.494 e. The molecule has 12 nitrogen and oxygen atoms in total. The molecule has 3 aliphatic carbocycles. The zero-order valence-electron chi connectivity index (χ0n) is 37.2. The highest BCUT2D eigenvalue weighted by Gasteiger charge is 2.28. The van der Waals surface area contributed by atoms with Crippen molar-refractivity contribution in [3.05, 3.63) is 102 Å². The van der Waals surface area contributed by atoms with Gasteiger partial charge in [-0.05, 0) is 148 Å². The zero-order valence-corrected chi connectivity index (χ0v) is 37.2. The van der Waals surface area contributed by atoms with Gasteiger partial charge in [-0.1, -0.05) is 45.1 Å². The van der Waals surface area contributed by atoms with E-state index in [9.17, 15) is 24.0 Å². The Hall–Kier alpha value is -5.91. The summed E-state index contributed by atoms with van der Waals surface area (Å²) >= 11 is 0. The first-order valence-corrected chi connectivity index (χ1v) is 23.0. The van der Waals surface area contributed by atoms with E-state index in [1.165, 1.54) is 6.42 Å². The molecule has 2 fully saturated rings. The van der Waals surface area contributed by atoms with Crippen molar-refractivity contribution >= 4 is 29.8 Å². The molecule has 0 bridgehead atoms. The summed E-state index contributed by atoms with van der Waals surface area (Å²) in [5.74, 6) is -0.709. The van der Waals surface area contributed by atoms with Crippen molar-refractivity contribution in [2.75, 3.05) is 26.4 Å². The van der Waals surface area contributed by atoms with Gasteiger partial charge in [0.25, 0.3) is 0 Å². The maximum absolute atomic E-state index is 13.2. The fourth-order valence-electron chi connectivity index (χ4n) is 8.31. The molecule has 0 saturated heterocycles. The standard InChI is InChI=1S/C52H62O12/c1-35(31-48(53)62-40-15-8-6-9-16-40)50(55)60-28-13-5-4-12-27-58-39-20-22-42(23-21-39)64-52(57)38-19-25-44-45-26-24-43(34-47(45)37(3)46(44)33-38)59-29-14-30-61-51(56)36(2)32-49(54)63-41-17-10-7-11-18-41/h19-26,33-34,37,40-41H,1-2,4-18,27-32H2,3H3. The molecule has 0 aromatic heterocycles. The van der Waals surface area contributed by atoms with E-state index in [4.69, 9.17) is 33.2 Å². The van der Waals surface area contributed by atoms with Crippen molar-refractivity contribution < 1.29 is 57.1 Å². The molecule has 342 valence electrons. The summed E-state index contributed by atoms with van der Waals surface area (Å²) in [4.78, 5) is 62.2. The number of benzene rings is 3. The van der Waals surface area contributed by atoms with Gasteiger partial charge in [0, 0.05) is 23.5 Å². The second-order valence-corrected chi connectivity index (χ2v) is 16.9. The van der Waals surface area contributed by atoms with Crippen molar-refractivity contribution in [2.24, 2.45) is 0 Å². The Bertz CT molecular complexity index is 2110. The average molecular weight is 879 g/mol. The van der Waals surface area contributed by atoms with E-state index in [1.807, 2.05) is 30.3 Å². The van der Waals surface area contributed by atoms with Gasteiger partial charge in [-0.15, -0.1) is 0 Å². The number of ether oxygens (including phenoxy) is 7. The Morgan fingerprint density at radius 3 is 1.59 bits per heavy atom. The van der Waals surface area contributed by atoms with Crippen LogP contribution >= 0.6 is 0 Å². The van der Waals surface area contributed by atoms with Crippen LogP contribution < -0.4 is 14.2 Å². The van der Waals surface area contributed by atoms with Gasteiger partial charge in [0.1, 0.15) is 29.5 Å². The predicted octanol–water partition coefficient (Wildman–Crippen LogP) is 10.5. The lowest BCUT2D eigenvalue weighted by Gasteiger charge is -2.21. The van der Waals surface area contributed by atoms with Crippen molar-refractivity contribution in [1.29, 1.82) is 0 Å². The molecule has 0 radical (unpaired) electrons. The van der Waals surface area contributed by atoms with E-state index in [0.717, 1.165) is 99.3 Å². The number of hydrogen-bond acceptors (Lipinski definition) is 12. The molecular weight excluding hydrogens is 817 g/mol. The Morgan fingerprint density at radius 1 is 0.531 bits per heavy atom. The van der Waals surface area contributed by atoms with E-state index >= 15 is 0 Å². The normalized spacial score (nSPS) is 15.8. The summed E-state index contributed by atoms with van der Waals surface area (Å²) in [7, 11) is 0. The minimum atomic E-state index is -0.609. The Labute approximate surface area is 376 Å². The monoisotopic (exact) mass is 878 g/mol. The van der Waals surface area contributed by atoms with Gasteiger partial charge < -0.3 is 33.2 Å². The molecule has 12 heteroatoms. The fraction of sp³-hybridized carbons (Fsp3) is 0.481. The maximum Gasteiger partial charge on any atom is 0.343 e. The number of hydrogen-bond donors (Lipinski definition) is 0. The number of unbranched alkanes of at least 4 members (excludes halogenated alkanes) is 3. The number of fused-ring (bicyclic) bond motifs is 3. The lowest BCUT2D eigenvalue weighted by molar-refractivity contribution is -0.152. The van der Waals surface area contributed by atoms with Crippen LogP contribution in [0.3, 0.4) is 0 Å². The van der Waals surface area contributed by atoms with Crippen LogP contribution in [0.25, 0.3) is 11.1 Å². The molecule has 3 aromatic carbocycles. The number of esters is 5. The summed E-state index contributed by atoms with van der Waals surface area (Å²) in [5.41, 5.74) is 4.89. The number of carbonyl (C=O) groups is 5. The maximum atomic E-state index is 13.2. The molecule has 3 aromatic rings. The predicted molar refractivity (Wildman–Crippen MR) is 240 cm³/mol. The highest BCUT2D eigenvalue weighted by atomic mass is 16.6. The molecule has 0 heterocycles. The second-order valence-electron chi connectivity index (χ2n) is 16.9. The molecule has 0 N–H and O–H groups in total. The third-order valence-corrected chi connectivity index (χ3v) is 11.9. The minimum absolute atomic E-state index is 0.0201. The molecule has 3 aliphatic rings. The quantitative estimate of drug-likeness (QED) is 0.0293. The highest BCUT2D eigenvalue weighted by Crippen LogP contribution is 2.46. The third kappa shape index (κ3) is 14.3. The van der Waals surface area contributed by atoms with Gasteiger partial charge in [-0.3, -0.25) is 9.59 Å². The Kier molecular flexibility index (Phi) is 18.0. The van der Waals surface area contributed by atoms with E-state index in [0.29, 0.717) is 48.9 Å². The summed E-state index contributed by atoms with van der Waals surface area (Å²) in [6.07, 6.45) is 13.3. The summed E-state index contributed by atoms with van der Waals surface area (Å²) < 4.78 is 39.1. The van der Waals surface area contributed by atoms with Crippen molar-refractivity contribution in [3.63, 3.8) is 0 Å². The van der Waals surface area contributed by atoms with Crippen molar-refractivity contribution in [2.45, 2.75) is 134 Å². The molecular formula is C52H62O12.